The molecule has 3 saturated carbocycles. The van der Waals surface area contributed by atoms with Gasteiger partial charge in [-0.1, -0.05) is 27.7 Å². The highest BCUT2D eigenvalue weighted by Crippen LogP contribution is 2.67. The number of carbonyl (C=O) groups excluding carboxylic acids is 1. The summed E-state index contributed by atoms with van der Waals surface area (Å²) < 4.78 is 4.86. The highest BCUT2D eigenvalue weighted by molar-refractivity contribution is 5.71. The van der Waals surface area contributed by atoms with Gasteiger partial charge in [0.2, 0.25) is 0 Å². The Morgan fingerprint density at radius 2 is 2.06 bits per heavy atom. The van der Waals surface area contributed by atoms with E-state index >= 15 is 0 Å². The minimum Gasteiger partial charge on any atom is -0.469 e. The standard InChI is InChI=1S/C15H26O2/c1-10(13(16)17-5)9-15(4)7-6-11-8-12(15)14(11,2)3/h10-12H,6-9H2,1-5H3. The van der Waals surface area contributed by atoms with Crippen LogP contribution in [0.1, 0.15) is 53.4 Å². The Kier molecular flexibility index (Phi) is 3.04. The first kappa shape index (κ1) is 12.9. The summed E-state index contributed by atoms with van der Waals surface area (Å²) in [6, 6.07) is 0. The molecule has 0 aromatic heterocycles. The Morgan fingerprint density at radius 3 is 2.53 bits per heavy atom. The summed E-state index contributed by atoms with van der Waals surface area (Å²) in [5, 5.41) is 0. The molecule has 0 N–H and O–H groups in total. The number of esters is 1. The van der Waals surface area contributed by atoms with Crippen molar-refractivity contribution in [2.45, 2.75) is 53.4 Å². The first-order valence-electron chi connectivity index (χ1n) is 6.89. The zero-order valence-electron chi connectivity index (χ0n) is 11.9. The van der Waals surface area contributed by atoms with Crippen molar-refractivity contribution in [3.8, 4) is 0 Å². The Balaban J connectivity index is 2.07. The molecule has 0 radical (unpaired) electrons. The molecular formula is C15H26O2. The van der Waals surface area contributed by atoms with Gasteiger partial charge in [0.1, 0.15) is 0 Å². The molecule has 0 amide bonds. The van der Waals surface area contributed by atoms with Crippen LogP contribution < -0.4 is 0 Å². The smallest absolute Gasteiger partial charge is 0.308 e. The predicted molar refractivity (Wildman–Crippen MR) is 68.5 cm³/mol. The second-order valence-corrected chi connectivity index (χ2v) is 7.13. The van der Waals surface area contributed by atoms with Crippen LogP contribution in [0.3, 0.4) is 0 Å². The van der Waals surface area contributed by atoms with Crippen LogP contribution in [-0.2, 0) is 9.53 Å². The zero-order valence-corrected chi connectivity index (χ0v) is 11.9. The zero-order chi connectivity index (χ0) is 12.8. The summed E-state index contributed by atoms with van der Waals surface area (Å²) in [7, 11) is 1.49. The Hall–Kier alpha value is -0.530. The summed E-state index contributed by atoms with van der Waals surface area (Å²) in [4.78, 5) is 11.6. The fraction of sp³-hybridized carbons (Fsp3) is 0.933. The van der Waals surface area contributed by atoms with Crippen LogP contribution in [0.4, 0.5) is 0 Å². The Bertz CT molecular complexity index is 319. The van der Waals surface area contributed by atoms with Gasteiger partial charge in [-0.2, -0.15) is 0 Å². The summed E-state index contributed by atoms with van der Waals surface area (Å²) in [5.74, 6) is 1.71. The monoisotopic (exact) mass is 238 g/mol. The minimum absolute atomic E-state index is 0.0398. The van der Waals surface area contributed by atoms with Crippen molar-refractivity contribution in [2.24, 2.45) is 28.6 Å². The third kappa shape index (κ3) is 1.90. The van der Waals surface area contributed by atoms with E-state index in [1.165, 1.54) is 26.4 Å². The number of rotatable bonds is 3. The highest BCUT2D eigenvalue weighted by Gasteiger charge is 2.59. The molecule has 4 unspecified atom stereocenters. The van der Waals surface area contributed by atoms with Gasteiger partial charge >= 0.3 is 5.97 Å². The maximum Gasteiger partial charge on any atom is 0.308 e. The van der Waals surface area contributed by atoms with E-state index in [-0.39, 0.29) is 11.9 Å². The highest BCUT2D eigenvalue weighted by atomic mass is 16.5. The molecule has 0 aromatic rings. The molecule has 17 heavy (non-hydrogen) atoms. The van der Waals surface area contributed by atoms with Gasteiger partial charge in [0.25, 0.3) is 0 Å². The van der Waals surface area contributed by atoms with Crippen molar-refractivity contribution in [3.05, 3.63) is 0 Å². The van der Waals surface area contributed by atoms with Crippen LogP contribution in [-0.4, -0.2) is 13.1 Å². The molecule has 3 aliphatic rings. The minimum atomic E-state index is -0.0505. The van der Waals surface area contributed by atoms with Gasteiger partial charge in [0, 0.05) is 0 Å². The molecule has 98 valence electrons. The first-order chi connectivity index (χ1) is 7.81. The van der Waals surface area contributed by atoms with E-state index < -0.39 is 0 Å². The number of hydrogen-bond donors (Lipinski definition) is 0. The van der Waals surface area contributed by atoms with Gasteiger partial charge in [0.05, 0.1) is 13.0 Å². The van der Waals surface area contributed by atoms with E-state index in [4.69, 9.17) is 4.74 Å². The summed E-state index contributed by atoms with van der Waals surface area (Å²) in [6.45, 7) is 9.21. The van der Waals surface area contributed by atoms with Crippen molar-refractivity contribution in [1.29, 1.82) is 0 Å². The van der Waals surface area contributed by atoms with Crippen LogP contribution in [0.15, 0.2) is 0 Å². The molecule has 0 aromatic carbocycles. The van der Waals surface area contributed by atoms with Crippen molar-refractivity contribution < 1.29 is 9.53 Å². The van der Waals surface area contributed by atoms with Crippen molar-refractivity contribution in [1.82, 2.24) is 0 Å². The van der Waals surface area contributed by atoms with Gasteiger partial charge in [-0.05, 0) is 48.3 Å². The Labute approximate surface area is 105 Å². The van der Waals surface area contributed by atoms with E-state index in [2.05, 4.69) is 20.8 Å². The van der Waals surface area contributed by atoms with E-state index in [1.807, 2.05) is 6.92 Å². The van der Waals surface area contributed by atoms with Gasteiger partial charge in [-0.15, -0.1) is 0 Å². The number of ether oxygens (including phenoxy) is 1. The molecule has 3 aliphatic carbocycles. The van der Waals surface area contributed by atoms with Crippen molar-refractivity contribution in [3.63, 3.8) is 0 Å². The van der Waals surface area contributed by atoms with Crippen LogP contribution in [0.25, 0.3) is 0 Å². The van der Waals surface area contributed by atoms with E-state index in [9.17, 15) is 4.79 Å². The fourth-order valence-corrected chi connectivity index (χ4v) is 4.60. The molecule has 3 rings (SSSR count). The van der Waals surface area contributed by atoms with Crippen molar-refractivity contribution in [2.75, 3.05) is 7.11 Å². The first-order valence-corrected chi connectivity index (χ1v) is 6.89. The molecule has 0 aliphatic heterocycles. The molecule has 2 nitrogen and oxygen atoms in total. The molecule has 2 heteroatoms. The van der Waals surface area contributed by atoms with Crippen molar-refractivity contribution >= 4 is 5.97 Å². The molecule has 0 heterocycles. The topological polar surface area (TPSA) is 26.3 Å². The lowest BCUT2D eigenvalue weighted by atomic mass is 9.40. The molecule has 0 saturated heterocycles. The second-order valence-electron chi connectivity index (χ2n) is 7.13. The predicted octanol–water partition coefficient (Wildman–Crippen LogP) is 3.65. The van der Waals surface area contributed by atoms with Crippen LogP contribution in [0.2, 0.25) is 0 Å². The lowest BCUT2D eigenvalue weighted by molar-refractivity contribution is -0.165. The third-order valence-electron chi connectivity index (χ3n) is 5.75. The van der Waals surface area contributed by atoms with Gasteiger partial charge in [0.15, 0.2) is 0 Å². The average molecular weight is 238 g/mol. The lowest BCUT2D eigenvalue weighted by Gasteiger charge is -2.65. The van der Waals surface area contributed by atoms with Crippen LogP contribution >= 0.6 is 0 Å². The molecule has 0 spiro atoms. The van der Waals surface area contributed by atoms with Gasteiger partial charge in [-0.25, -0.2) is 0 Å². The fourth-order valence-electron chi connectivity index (χ4n) is 4.60. The second kappa shape index (κ2) is 4.00. The maximum absolute atomic E-state index is 11.6. The van der Waals surface area contributed by atoms with E-state index in [0.29, 0.717) is 10.8 Å². The molecular weight excluding hydrogens is 212 g/mol. The Morgan fingerprint density at radius 1 is 1.41 bits per heavy atom. The average Bonchev–Trinajstić information content (AvgIpc) is 2.26. The number of fused-ring (bicyclic) bond motifs is 2. The summed E-state index contributed by atoms with van der Waals surface area (Å²) in [6.07, 6.45) is 4.98. The quantitative estimate of drug-likeness (QED) is 0.702. The SMILES string of the molecule is COC(=O)C(C)CC1(C)CCC2CC1C2(C)C. The number of hydrogen-bond acceptors (Lipinski definition) is 2. The number of carbonyl (C=O) groups is 1. The molecule has 4 atom stereocenters. The van der Waals surface area contributed by atoms with Gasteiger partial charge < -0.3 is 4.74 Å². The van der Waals surface area contributed by atoms with E-state index in [0.717, 1.165) is 18.3 Å². The third-order valence-corrected chi connectivity index (χ3v) is 5.75. The van der Waals surface area contributed by atoms with Crippen LogP contribution in [0, 0.1) is 28.6 Å². The normalized spacial score (nSPS) is 40.3. The molecule has 2 bridgehead atoms. The van der Waals surface area contributed by atoms with Gasteiger partial charge in [-0.3, -0.25) is 4.79 Å². The largest absolute Gasteiger partial charge is 0.469 e. The molecule has 3 fully saturated rings. The summed E-state index contributed by atoms with van der Waals surface area (Å²) >= 11 is 0. The maximum atomic E-state index is 11.6. The lowest BCUT2D eigenvalue weighted by Crippen LogP contribution is -2.57. The van der Waals surface area contributed by atoms with Crippen LogP contribution in [0.5, 0.6) is 0 Å². The summed E-state index contributed by atoms with van der Waals surface area (Å²) in [5.41, 5.74) is 0.828. The number of methoxy groups -OCH3 is 1. The van der Waals surface area contributed by atoms with E-state index in [1.54, 1.807) is 0 Å².